The van der Waals surface area contributed by atoms with Gasteiger partial charge in [0.05, 0.1) is 6.04 Å². The molecule has 0 aliphatic heterocycles. The fourth-order valence-corrected chi connectivity index (χ4v) is 1.81. The molecule has 0 saturated heterocycles. The Bertz CT molecular complexity index is 315. The molecule has 1 aromatic rings. The number of nitrogens with two attached hydrogens (primary N) is 1. The molecule has 0 bridgehead atoms. The van der Waals surface area contributed by atoms with Gasteiger partial charge >= 0.3 is 5.69 Å². The van der Waals surface area contributed by atoms with Crippen LogP contribution in [0.3, 0.4) is 0 Å². The Morgan fingerprint density at radius 3 is 3.00 bits per heavy atom. The Hall–Kier alpha value is -1.10. The first-order valence-electron chi connectivity index (χ1n) is 4.16. The monoisotopic (exact) mass is 168 g/mol. The molecule has 1 saturated carbocycles. The van der Waals surface area contributed by atoms with Crippen LogP contribution in [0.4, 0.5) is 0 Å². The van der Waals surface area contributed by atoms with Gasteiger partial charge in [-0.1, -0.05) is 0 Å². The molecule has 5 heteroatoms. The maximum Gasteiger partial charge on any atom is 0.343 e. The van der Waals surface area contributed by atoms with Gasteiger partial charge in [0.2, 0.25) is 0 Å². The Balaban J connectivity index is 2.30. The average molecular weight is 168 g/mol. The SMILES string of the molecule is NC1CCCC1n1cn[nH]c1=O. The lowest BCUT2D eigenvalue weighted by Crippen LogP contribution is -2.32. The molecule has 1 heterocycles. The number of nitrogens with zero attached hydrogens (tertiary/aromatic N) is 2. The largest absolute Gasteiger partial charge is 0.343 e. The fourth-order valence-electron chi connectivity index (χ4n) is 1.81. The van der Waals surface area contributed by atoms with Gasteiger partial charge in [-0.3, -0.25) is 4.57 Å². The minimum atomic E-state index is -0.155. The lowest BCUT2D eigenvalue weighted by molar-refractivity contribution is 0.450. The van der Waals surface area contributed by atoms with Gasteiger partial charge in [-0.25, -0.2) is 9.89 Å². The summed E-state index contributed by atoms with van der Waals surface area (Å²) in [6, 6.07) is 0.261. The molecule has 3 N–H and O–H groups in total. The van der Waals surface area contributed by atoms with Crippen LogP contribution < -0.4 is 11.4 Å². The predicted octanol–water partition coefficient (Wildman–Crippen LogP) is -0.376. The van der Waals surface area contributed by atoms with Crippen molar-refractivity contribution in [3.05, 3.63) is 16.8 Å². The molecule has 1 fully saturated rings. The standard InChI is InChI=1S/C7H12N4O/c8-5-2-1-3-6(5)11-4-9-10-7(11)12/h4-6H,1-3,8H2,(H,10,12). The van der Waals surface area contributed by atoms with Crippen molar-refractivity contribution >= 4 is 0 Å². The number of nitrogens with one attached hydrogen (secondary N) is 1. The van der Waals surface area contributed by atoms with Gasteiger partial charge in [-0.15, -0.1) is 0 Å². The molecule has 1 aromatic heterocycles. The highest BCUT2D eigenvalue weighted by Gasteiger charge is 2.26. The molecule has 1 aliphatic carbocycles. The highest BCUT2D eigenvalue weighted by molar-refractivity contribution is 4.87. The van der Waals surface area contributed by atoms with Gasteiger partial charge in [0.25, 0.3) is 0 Å². The average Bonchev–Trinajstić information content (AvgIpc) is 2.59. The third-order valence-corrected chi connectivity index (χ3v) is 2.47. The first kappa shape index (κ1) is 7.54. The molecule has 1 aliphatic rings. The molecular formula is C7H12N4O. The summed E-state index contributed by atoms with van der Waals surface area (Å²) in [6.45, 7) is 0. The molecule has 0 spiro atoms. The summed E-state index contributed by atoms with van der Waals surface area (Å²) >= 11 is 0. The summed E-state index contributed by atoms with van der Waals surface area (Å²) in [4.78, 5) is 11.1. The van der Waals surface area contributed by atoms with Crippen LogP contribution in [0.15, 0.2) is 11.1 Å². The highest BCUT2D eigenvalue weighted by Crippen LogP contribution is 2.26. The first-order valence-corrected chi connectivity index (χ1v) is 4.16. The second kappa shape index (κ2) is 2.75. The molecule has 0 amide bonds. The molecule has 2 atom stereocenters. The topological polar surface area (TPSA) is 76.7 Å². The van der Waals surface area contributed by atoms with E-state index in [2.05, 4.69) is 10.2 Å². The Labute approximate surface area is 69.6 Å². The number of H-pyrrole nitrogens is 1. The van der Waals surface area contributed by atoms with E-state index in [-0.39, 0.29) is 17.8 Å². The number of hydrogen-bond donors (Lipinski definition) is 2. The van der Waals surface area contributed by atoms with Crippen LogP contribution in [0, 0.1) is 0 Å². The van der Waals surface area contributed by atoms with E-state index in [0.717, 1.165) is 19.3 Å². The van der Waals surface area contributed by atoms with E-state index in [9.17, 15) is 4.79 Å². The Morgan fingerprint density at radius 1 is 1.67 bits per heavy atom. The second-order valence-electron chi connectivity index (χ2n) is 3.23. The molecule has 2 unspecified atom stereocenters. The maximum absolute atomic E-state index is 11.1. The number of aromatic nitrogens is 3. The van der Waals surface area contributed by atoms with Crippen molar-refractivity contribution in [2.45, 2.75) is 31.3 Å². The summed E-state index contributed by atoms with van der Waals surface area (Å²) in [5, 5.41) is 6.04. The third kappa shape index (κ3) is 1.06. The van der Waals surface area contributed by atoms with Gasteiger partial charge < -0.3 is 5.73 Å². The minimum absolute atomic E-state index is 0.111. The van der Waals surface area contributed by atoms with E-state index in [0.29, 0.717) is 0 Å². The van der Waals surface area contributed by atoms with Crippen LogP contribution in [0.5, 0.6) is 0 Å². The summed E-state index contributed by atoms with van der Waals surface area (Å²) in [5.74, 6) is 0. The smallest absolute Gasteiger partial charge is 0.326 e. The zero-order valence-corrected chi connectivity index (χ0v) is 6.73. The van der Waals surface area contributed by atoms with Gasteiger partial charge in [-0.2, -0.15) is 5.10 Å². The normalized spacial score (nSPS) is 29.4. The van der Waals surface area contributed by atoms with E-state index in [4.69, 9.17) is 5.73 Å². The van der Waals surface area contributed by atoms with Gasteiger partial charge in [0, 0.05) is 6.04 Å². The summed E-state index contributed by atoms with van der Waals surface area (Å²) in [5.41, 5.74) is 5.68. The number of rotatable bonds is 1. The van der Waals surface area contributed by atoms with E-state index < -0.39 is 0 Å². The van der Waals surface area contributed by atoms with Crippen molar-refractivity contribution < 1.29 is 0 Å². The van der Waals surface area contributed by atoms with E-state index >= 15 is 0 Å². The van der Waals surface area contributed by atoms with Crippen molar-refractivity contribution in [3.63, 3.8) is 0 Å². The van der Waals surface area contributed by atoms with E-state index in [1.165, 1.54) is 6.33 Å². The van der Waals surface area contributed by atoms with Gasteiger partial charge in [0.15, 0.2) is 0 Å². The van der Waals surface area contributed by atoms with E-state index in [1.54, 1.807) is 4.57 Å². The Morgan fingerprint density at radius 2 is 2.50 bits per heavy atom. The lowest BCUT2D eigenvalue weighted by Gasteiger charge is -2.14. The summed E-state index contributed by atoms with van der Waals surface area (Å²) < 4.78 is 1.59. The molecule has 5 nitrogen and oxygen atoms in total. The predicted molar refractivity (Wildman–Crippen MR) is 43.7 cm³/mol. The molecular weight excluding hydrogens is 156 g/mol. The summed E-state index contributed by atoms with van der Waals surface area (Å²) in [7, 11) is 0. The van der Waals surface area contributed by atoms with Crippen molar-refractivity contribution in [2.24, 2.45) is 5.73 Å². The lowest BCUT2D eigenvalue weighted by atomic mass is 10.2. The van der Waals surface area contributed by atoms with Gasteiger partial charge in [-0.05, 0) is 19.3 Å². The fraction of sp³-hybridized carbons (Fsp3) is 0.714. The Kier molecular flexibility index (Phi) is 1.73. The van der Waals surface area contributed by atoms with Gasteiger partial charge in [0.1, 0.15) is 6.33 Å². The maximum atomic E-state index is 11.1. The van der Waals surface area contributed by atoms with Crippen LogP contribution in [0.25, 0.3) is 0 Å². The van der Waals surface area contributed by atoms with Crippen LogP contribution in [-0.2, 0) is 0 Å². The summed E-state index contributed by atoms with van der Waals surface area (Å²) in [6.07, 6.45) is 4.62. The van der Waals surface area contributed by atoms with Crippen molar-refractivity contribution in [3.8, 4) is 0 Å². The third-order valence-electron chi connectivity index (χ3n) is 2.47. The van der Waals surface area contributed by atoms with Crippen molar-refractivity contribution in [1.29, 1.82) is 0 Å². The molecule has 0 aromatic carbocycles. The van der Waals surface area contributed by atoms with E-state index in [1.807, 2.05) is 0 Å². The highest BCUT2D eigenvalue weighted by atomic mass is 16.1. The second-order valence-corrected chi connectivity index (χ2v) is 3.23. The van der Waals surface area contributed by atoms with Crippen molar-refractivity contribution in [1.82, 2.24) is 14.8 Å². The van der Waals surface area contributed by atoms with Crippen LogP contribution >= 0.6 is 0 Å². The van der Waals surface area contributed by atoms with Crippen LogP contribution in [0.1, 0.15) is 25.3 Å². The quantitative estimate of drug-likeness (QED) is 0.600. The molecule has 0 radical (unpaired) electrons. The molecule has 2 rings (SSSR count). The first-order chi connectivity index (χ1) is 5.79. The minimum Gasteiger partial charge on any atom is -0.326 e. The van der Waals surface area contributed by atoms with Crippen LogP contribution in [0.2, 0.25) is 0 Å². The number of hydrogen-bond acceptors (Lipinski definition) is 3. The molecule has 12 heavy (non-hydrogen) atoms. The molecule has 66 valence electrons. The zero-order valence-electron chi connectivity index (χ0n) is 6.73. The van der Waals surface area contributed by atoms with Crippen molar-refractivity contribution in [2.75, 3.05) is 0 Å². The zero-order chi connectivity index (χ0) is 8.55. The number of aromatic amines is 1. The van der Waals surface area contributed by atoms with Crippen LogP contribution in [-0.4, -0.2) is 20.8 Å².